The maximum Gasteiger partial charge on any atom is 0.338 e. The van der Waals surface area contributed by atoms with Gasteiger partial charge in [0.1, 0.15) is 5.75 Å². The number of para-hydroxylation sites is 1. The molecule has 1 N–H and O–H groups in total. The van der Waals surface area contributed by atoms with Crippen LogP contribution in [0, 0.1) is 0 Å². The van der Waals surface area contributed by atoms with E-state index in [-0.39, 0.29) is 18.4 Å². The Labute approximate surface area is 216 Å². The summed E-state index contributed by atoms with van der Waals surface area (Å²) in [6.45, 7) is 10.0. The molecule has 1 fully saturated rings. The molecule has 10 heteroatoms. The maximum atomic E-state index is 13.3. The summed E-state index contributed by atoms with van der Waals surface area (Å²) in [4.78, 5) is 35.1. The molecule has 1 amide bonds. The third-order valence-corrected chi connectivity index (χ3v) is 7.08. The highest BCUT2D eigenvalue weighted by atomic mass is 32.2. The van der Waals surface area contributed by atoms with Crippen molar-refractivity contribution in [2.45, 2.75) is 39.3 Å². The Bertz CT molecular complexity index is 1080. The van der Waals surface area contributed by atoms with Crippen LogP contribution in [0.4, 0.5) is 0 Å². The molecule has 3 aliphatic rings. The number of hydrogen-bond acceptors (Lipinski definition) is 9. The van der Waals surface area contributed by atoms with Gasteiger partial charge in [0.05, 0.1) is 50.2 Å². The monoisotopic (exact) mass is 514 g/mol. The van der Waals surface area contributed by atoms with Gasteiger partial charge in [-0.1, -0.05) is 30.0 Å². The molecule has 3 heterocycles. The number of thioether (sulfide) groups is 1. The van der Waals surface area contributed by atoms with Crippen LogP contribution in [0.25, 0.3) is 0 Å². The van der Waals surface area contributed by atoms with Crippen LogP contribution in [0.2, 0.25) is 0 Å². The van der Waals surface area contributed by atoms with E-state index in [2.05, 4.69) is 10.2 Å². The van der Waals surface area contributed by atoms with Gasteiger partial charge in [-0.05, 0) is 32.2 Å². The van der Waals surface area contributed by atoms with E-state index < -0.39 is 12.0 Å². The Kier molecular flexibility index (Phi) is 8.71. The predicted octanol–water partition coefficient (Wildman–Crippen LogP) is 3.06. The van der Waals surface area contributed by atoms with Gasteiger partial charge >= 0.3 is 5.97 Å². The molecular formula is C26H34N4O5S. The van der Waals surface area contributed by atoms with Crippen LogP contribution in [-0.2, 0) is 19.1 Å². The lowest BCUT2D eigenvalue weighted by atomic mass is 9.93. The standard InChI is InChI=1S/C26H34N4O5S/c1-17(2)35-25(32)23-18(3)28-26-30(24(23)20-7-5-6-8-21(20)33-4)19(16-36-26)15-22(31)27-9-10-29-11-13-34-14-12-29/h5-8,16-17,24H,9-15H2,1-4H3,(H,27,31). The summed E-state index contributed by atoms with van der Waals surface area (Å²) in [6.07, 6.45) is -0.103. The molecule has 1 saturated heterocycles. The third kappa shape index (κ3) is 5.93. The van der Waals surface area contributed by atoms with E-state index in [0.717, 1.165) is 49.3 Å². The van der Waals surface area contributed by atoms with Crippen LogP contribution >= 0.6 is 11.8 Å². The second-order valence-electron chi connectivity index (χ2n) is 9.07. The van der Waals surface area contributed by atoms with Gasteiger partial charge in [-0.2, -0.15) is 0 Å². The average Bonchev–Trinajstić information content (AvgIpc) is 3.25. The number of fused-ring (bicyclic) bond motifs is 1. The lowest BCUT2D eigenvalue weighted by Crippen LogP contribution is -2.42. The molecule has 0 spiro atoms. The summed E-state index contributed by atoms with van der Waals surface area (Å²) in [6, 6.07) is 7.08. The Morgan fingerprint density at radius 2 is 2.00 bits per heavy atom. The fourth-order valence-corrected chi connectivity index (χ4v) is 5.46. The van der Waals surface area contributed by atoms with Crippen LogP contribution in [0.1, 0.15) is 38.8 Å². The molecule has 0 radical (unpaired) electrons. The zero-order valence-electron chi connectivity index (χ0n) is 21.3. The van der Waals surface area contributed by atoms with Crippen molar-refractivity contribution >= 4 is 28.8 Å². The van der Waals surface area contributed by atoms with Gasteiger partial charge in [0.2, 0.25) is 5.91 Å². The number of rotatable bonds is 9. The van der Waals surface area contributed by atoms with Crippen LogP contribution in [0.5, 0.6) is 5.75 Å². The van der Waals surface area contributed by atoms with Gasteiger partial charge in [0, 0.05) is 37.4 Å². The van der Waals surface area contributed by atoms with Gasteiger partial charge < -0.3 is 24.4 Å². The summed E-state index contributed by atoms with van der Waals surface area (Å²) in [5.74, 6) is 0.151. The van der Waals surface area contributed by atoms with Crippen molar-refractivity contribution in [1.82, 2.24) is 15.1 Å². The first kappa shape index (κ1) is 26.2. The minimum atomic E-state index is -0.526. The Morgan fingerprint density at radius 1 is 1.25 bits per heavy atom. The lowest BCUT2D eigenvalue weighted by molar-refractivity contribution is -0.143. The first-order chi connectivity index (χ1) is 17.4. The lowest BCUT2D eigenvalue weighted by Gasteiger charge is -2.37. The summed E-state index contributed by atoms with van der Waals surface area (Å²) in [5, 5.41) is 5.69. The number of amidine groups is 1. The van der Waals surface area contributed by atoms with Crippen LogP contribution < -0.4 is 10.1 Å². The molecule has 3 aliphatic heterocycles. The normalized spacial score (nSPS) is 20.1. The van der Waals surface area contributed by atoms with Crippen molar-refractivity contribution < 1.29 is 23.8 Å². The smallest absolute Gasteiger partial charge is 0.338 e. The maximum absolute atomic E-state index is 13.3. The Morgan fingerprint density at radius 3 is 2.72 bits per heavy atom. The summed E-state index contributed by atoms with van der Waals surface area (Å²) in [5.41, 5.74) is 2.63. The average molecular weight is 515 g/mol. The minimum Gasteiger partial charge on any atom is -0.496 e. The molecule has 1 unspecified atom stereocenters. The minimum absolute atomic E-state index is 0.0762. The number of methoxy groups -OCH3 is 1. The third-order valence-electron chi connectivity index (χ3n) is 6.19. The van der Waals surface area contributed by atoms with Crippen molar-refractivity contribution in [2.24, 2.45) is 4.99 Å². The fourth-order valence-electron chi connectivity index (χ4n) is 4.50. The van der Waals surface area contributed by atoms with Gasteiger partial charge in [-0.3, -0.25) is 9.69 Å². The van der Waals surface area contributed by atoms with E-state index in [9.17, 15) is 9.59 Å². The number of allylic oxidation sites excluding steroid dienone is 1. The quantitative estimate of drug-likeness (QED) is 0.503. The molecule has 1 atom stereocenters. The number of benzene rings is 1. The van der Waals surface area contributed by atoms with Crippen LogP contribution in [-0.4, -0.2) is 79.5 Å². The van der Waals surface area contributed by atoms with Crippen molar-refractivity contribution in [3.8, 4) is 5.75 Å². The molecule has 0 bridgehead atoms. The van der Waals surface area contributed by atoms with Crippen molar-refractivity contribution in [1.29, 1.82) is 0 Å². The SMILES string of the molecule is COc1ccccc1C1C(C(=O)OC(C)C)=C(C)N=C2SC=C(CC(=O)NCCN3CCOCC3)N21. The van der Waals surface area contributed by atoms with Crippen LogP contribution in [0.3, 0.4) is 0 Å². The van der Waals surface area contributed by atoms with Gasteiger partial charge in [0.15, 0.2) is 5.17 Å². The number of amides is 1. The molecule has 4 rings (SSSR count). The number of nitrogens with one attached hydrogen (secondary N) is 1. The number of aliphatic imine (C=N–C) groups is 1. The van der Waals surface area contributed by atoms with Crippen molar-refractivity contribution in [2.75, 3.05) is 46.5 Å². The van der Waals surface area contributed by atoms with E-state index in [1.807, 2.05) is 55.3 Å². The number of ether oxygens (including phenoxy) is 3. The van der Waals surface area contributed by atoms with Gasteiger partial charge in [-0.25, -0.2) is 9.79 Å². The zero-order chi connectivity index (χ0) is 25.7. The highest BCUT2D eigenvalue weighted by Crippen LogP contribution is 2.46. The highest BCUT2D eigenvalue weighted by Gasteiger charge is 2.42. The highest BCUT2D eigenvalue weighted by molar-refractivity contribution is 8.16. The summed E-state index contributed by atoms with van der Waals surface area (Å²) in [7, 11) is 1.61. The topological polar surface area (TPSA) is 92.7 Å². The first-order valence-electron chi connectivity index (χ1n) is 12.2. The molecule has 0 aromatic heterocycles. The molecule has 0 aliphatic carbocycles. The van der Waals surface area contributed by atoms with Crippen molar-refractivity contribution in [3.63, 3.8) is 0 Å². The first-order valence-corrected chi connectivity index (χ1v) is 13.1. The Hall–Kier alpha value is -2.82. The number of carbonyl (C=O) groups excluding carboxylic acids is 2. The molecule has 194 valence electrons. The molecule has 1 aromatic carbocycles. The number of esters is 1. The van der Waals surface area contributed by atoms with E-state index in [4.69, 9.17) is 19.2 Å². The van der Waals surface area contributed by atoms with Gasteiger partial charge in [-0.15, -0.1) is 0 Å². The van der Waals surface area contributed by atoms with Crippen molar-refractivity contribution in [3.05, 3.63) is 52.2 Å². The van der Waals surface area contributed by atoms with E-state index in [1.165, 1.54) is 11.8 Å². The van der Waals surface area contributed by atoms with E-state index >= 15 is 0 Å². The molecule has 9 nitrogen and oxygen atoms in total. The number of carbonyl (C=O) groups is 2. The second kappa shape index (κ2) is 11.9. The molecule has 36 heavy (non-hydrogen) atoms. The van der Waals surface area contributed by atoms with E-state index in [0.29, 0.717) is 23.6 Å². The summed E-state index contributed by atoms with van der Waals surface area (Å²) >= 11 is 1.45. The zero-order valence-corrected chi connectivity index (χ0v) is 22.1. The summed E-state index contributed by atoms with van der Waals surface area (Å²) < 4.78 is 16.6. The van der Waals surface area contributed by atoms with E-state index in [1.54, 1.807) is 7.11 Å². The molecule has 0 saturated carbocycles. The molecule has 1 aromatic rings. The Balaban J connectivity index is 1.56. The fraction of sp³-hybridized carbons (Fsp3) is 0.500. The number of hydrogen-bond donors (Lipinski definition) is 1. The van der Waals surface area contributed by atoms with Gasteiger partial charge in [0.25, 0.3) is 0 Å². The largest absolute Gasteiger partial charge is 0.496 e. The number of nitrogens with zero attached hydrogens (tertiary/aromatic N) is 3. The molecular weight excluding hydrogens is 480 g/mol. The predicted molar refractivity (Wildman–Crippen MR) is 139 cm³/mol. The van der Waals surface area contributed by atoms with Crippen LogP contribution in [0.15, 0.2) is 51.6 Å². The second-order valence-corrected chi connectivity index (χ2v) is 9.91. The number of morpholine rings is 1.